The van der Waals surface area contributed by atoms with Gasteiger partial charge < -0.3 is 19.3 Å². The summed E-state index contributed by atoms with van der Waals surface area (Å²) in [5.41, 5.74) is 4.65. The van der Waals surface area contributed by atoms with Crippen LogP contribution in [-0.2, 0) is 21.3 Å². The van der Waals surface area contributed by atoms with Gasteiger partial charge in [0.2, 0.25) is 0 Å². The average Bonchev–Trinajstić information content (AvgIpc) is 3.20. The summed E-state index contributed by atoms with van der Waals surface area (Å²) in [6, 6.07) is 13.2. The number of aliphatic hydroxyl groups is 1. The van der Waals surface area contributed by atoms with E-state index in [4.69, 9.17) is 14.2 Å². The Morgan fingerprint density at radius 3 is 2.09 bits per heavy atom. The van der Waals surface area contributed by atoms with Crippen LogP contribution in [-0.4, -0.2) is 52.8 Å². The number of nitrogens with zero attached hydrogens (tertiary/aromatic N) is 1. The molecular formula is C37H57NO5. The normalized spacial score (nSPS) is 18.1. The second kappa shape index (κ2) is 13.2. The van der Waals surface area contributed by atoms with Gasteiger partial charge in [0.25, 0.3) is 0 Å². The molecular weight excluding hydrogens is 538 g/mol. The molecule has 0 bridgehead atoms. The highest BCUT2D eigenvalue weighted by Crippen LogP contribution is 2.41. The first-order valence-electron chi connectivity index (χ1n) is 16.0. The molecule has 43 heavy (non-hydrogen) atoms. The van der Waals surface area contributed by atoms with Gasteiger partial charge in [0.1, 0.15) is 23.7 Å². The number of carbonyl (C=O) groups excluding carboxylic acids is 1. The van der Waals surface area contributed by atoms with Crippen LogP contribution in [0.4, 0.5) is 4.79 Å². The third-order valence-corrected chi connectivity index (χ3v) is 9.11. The minimum atomic E-state index is -0.767. The molecule has 1 saturated heterocycles. The molecule has 1 N–H and O–H groups in total. The fraction of sp³-hybridized carbons (Fsp3) is 0.649. The first-order chi connectivity index (χ1) is 19.8. The van der Waals surface area contributed by atoms with E-state index in [1.54, 1.807) is 4.90 Å². The number of ether oxygens (including phenoxy) is 3. The van der Waals surface area contributed by atoms with Gasteiger partial charge in [0, 0.05) is 5.41 Å². The van der Waals surface area contributed by atoms with Crippen molar-refractivity contribution >= 4 is 6.09 Å². The molecule has 0 spiro atoms. The van der Waals surface area contributed by atoms with Crippen molar-refractivity contribution in [3.05, 3.63) is 64.2 Å². The predicted molar refractivity (Wildman–Crippen MR) is 175 cm³/mol. The summed E-state index contributed by atoms with van der Waals surface area (Å²) in [5.74, 6) is 0.808. The van der Waals surface area contributed by atoms with Crippen LogP contribution in [0.5, 0.6) is 5.75 Å². The van der Waals surface area contributed by atoms with Crippen LogP contribution < -0.4 is 4.74 Å². The number of benzene rings is 2. The van der Waals surface area contributed by atoms with Gasteiger partial charge in [0.05, 0.1) is 18.8 Å². The molecule has 0 aliphatic carbocycles. The Kier molecular flexibility index (Phi) is 10.7. The standard InChI is InChI=1S/C37H57NO5/c1-13-37(14-2,28-17-15-27(25(3)21-28)16-20-32(39)34(5,6)7)29-18-19-31(26(4)22-29)41-23-30-24-42-36(11,12)38(30)33(40)43-35(8,9)10/h15,17-19,21-22,30,32,39H,13-14,16,20,23-24H2,1-12H3/t30?,32-/m1/s1. The maximum Gasteiger partial charge on any atom is 0.413 e. The van der Waals surface area contributed by atoms with Gasteiger partial charge in [-0.05, 0) is 113 Å². The lowest BCUT2D eigenvalue weighted by atomic mass is 9.69. The third-order valence-electron chi connectivity index (χ3n) is 9.11. The van der Waals surface area contributed by atoms with E-state index in [1.165, 1.54) is 22.3 Å². The third kappa shape index (κ3) is 8.13. The monoisotopic (exact) mass is 595 g/mol. The van der Waals surface area contributed by atoms with E-state index in [9.17, 15) is 9.90 Å². The lowest BCUT2D eigenvalue weighted by molar-refractivity contribution is -0.0637. The first-order valence-corrected chi connectivity index (χ1v) is 16.0. The first kappa shape index (κ1) is 34.9. The average molecular weight is 596 g/mol. The summed E-state index contributed by atoms with van der Waals surface area (Å²) in [6.45, 7) is 25.2. The van der Waals surface area contributed by atoms with E-state index in [-0.39, 0.29) is 23.0 Å². The zero-order valence-electron chi connectivity index (χ0n) is 28.9. The van der Waals surface area contributed by atoms with Gasteiger partial charge in [-0.2, -0.15) is 0 Å². The highest BCUT2D eigenvalue weighted by molar-refractivity contribution is 5.69. The number of aliphatic hydroxyl groups excluding tert-OH is 1. The highest BCUT2D eigenvalue weighted by Gasteiger charge is 2.46. The maximum absolute atomic E-state index is 13.0. The number of carbonyl (C=O) groups is 1. The van der Waals surface area contributed by atoms with Crippen LogP contribution in [0.25, 0.3) is 0 Å². The summed E-state index contributed by atoms with van der Waals surface area (Å²) >= 11 is 0. The van der Waals surface area contributed by atoms with Crippen molar-refractivity contribution in [3.8, 4) is 5.75 Å². The van der Waals surface area contributed by atoms with Gasteiger partial charge in [0.15, 0.2) is 0 Å². The highest BCUT2D eigenvalue weighted by atomic mass is 16.6. The van der Waals surface area contributed by atoms with Crippen molar-refractivity contribution in [1.29, 1.82) is 0 Å². The lowest BCUT2D eigenvalue weighted by Crippen LogP contribution is -2.51. The molecule has 0 radical (unpaired) electrons. The Hall–Kier alpha value is -2.57. The predicted octanol–water partition coefficient (Wildman–Crippen LogP) is 8.50. The second-order valence-electron chi connectivity index (χ2n) is 14.9. The number of hydrogen-bond acceptors (Lipinski definition) is 5. The van der Waals surface area contributed by atoms with E-state index < -0.39 is 17.4 Å². The quantitative estimate of drug-likeness (QED) is 0.298. The zero-order valence-corrected chi connectivity index (χ0v) is 28.9. The fourth-order valence-electron chi connectivity index (χ4n) is 6.21. The Labute approximate surface area is 261 Å². The molecule has 240 valence electrons. The van der Waals surface area contributed by atoms with Gasteiger partial charge in [-0.1, -0.05) is 65.0 Å². The van der Waals surface area contributed by atoms with E-state index >= 15 is 0 Å². The van der Waals surface area contributed by atoms with Crippen molar-refractivity contribution < 1.29 is 24.1 Å². The molecule has 2 aromatic carbocycles. The molecule has 1 amide bonds. The van der Waals surface area contributed by atoms with E-state index in [1.807, 2.05) is 34.6 Å². The summed E-state index contributed by atoms with van der Waals surface area (Å²) in [7, 11) is 0. The molecule has 1 fully saturated rings. The van der Waals surface area contributed by atoms with Crippen molar-refractivity contribution in [1.82, 2.24) is 4.90 Å². The van der Waals surface area contributed by atoms with E-state index in [2.05, 4.69) is 84.9 Å². The Bertz CT molecular complexity index is 1250. The largest absolute Gasteiger partial charge is 0.491 e. The van der Waals surface area contributed by atoms with Crippen LogP contribution >= 0.6 is 0 Å². The molecule has 1 aliphatic heterocycles. The van der Waals surface area contributed by atoms with Crippen LogP contribution in [0.2, 0.25) is 0 Å². The molecule has 6 nitrogen and oxygen atoms in total. The zero-order chi connectivity index (χ0) is 32.4. The smallest absolute Gasteiger partial charge is 0.413 e. The van der Waals surface area contributed by atoms with Gasteiger partial charge in [-0.15, -0.1) is 0 Å². The lowest BCUT2D eigenvalue weighted by Gasteiger charge is -2.35. The Balaban J connectivity index is 1.80. The van der Waals surface area contributed by atoms with Gasteiger partial charge >= 0.3 is 6.09 Å². The van der Waals surface area contributed by atoms with Crippen molar-refractivity contribution in [2.45, 2.75) is 138 Å². The van der Waals surface area contributed by atoms with Crippen LogP contribution in [0, 0.1) is 19.3 Å². The van der Waals surface area contributed by atoms with Crippen molar-refractivity contribution in [3.63, 3.8) is 0 Å². The minimum absolute atomic E-state index is 0.111. The molecule has 0 aromatic heterocycles. The Morgan fingerprint density at radius 2 is 1.58 bits per heavy atom. The number of amides is 1. The van der Waals surface area contributed by atoms with Gasteiger partial charge in [-0.3, -0.25) is 4.90 Å². The summed E-state index contributed by atoms with van der Waals surface area (Å²) in [4.78, 5) is 14.7. The summed E-state index contributed by atoms with van der Waals surface area (Å²) < 4.78 is 18.0. The minimum Gasteiger partial charge on any atom is -0.491 e. The Morgan fingerprint density at radius 1 is 1.00 bits per heavy atom. The molecule has 1 unspecified atom stereocenters. The molecule has 1 heterocycles. The molecule has 2 aromatic rings. The van der Waals surface area contributed by atoms with E-state index in [0.29, 0.717) is 13.2 Å². The molecule has 0 saturated carbocycles. The van der Waals surface area contributed by atoms with Gasteiger partial charge in [-0.25, -0.2) is 4.79 Å². The molecule has 2 atom stereocenters. The number of rotatable bonds is 10. The molecule has 6 heteroatoms. The topological polar surface area (TPSA) is 68.2 Å². The summed E-state index contributed by atoms with van der Waals surface area (Å²) in [5, 5.41) is 10.6. The van der Waals surface area contributed by atoms with Crippen LogP contribution in [0.15, 0.2) is 36.4 Å². The van der Waals surface area contributed by atoms with Crippen molar-refractivity contribution in [2.24, 2.45) is 5.41 Å². The van der Waals surface area contributed by atoms with Crippen LogP contribution in [0.3, 0.4) is 0 Å². The number of aryl methyl sites for hydroxylation is 3. The summed E-state index contributed by atoms with van der Waals surface area (Å²) in [6.07, 6.45) is 2.87. The fourth-order valence-corrected chi connectivity index (χ4v) is 6.21. The van der Waals surface area contributed by atoms with E-state index in [0.717, 1.165) is 37.0 Å². The molecule has 3 rings (SSSR count). The number of hydrogen-bond donors (Lipinski definition) is 1. The van der Waals surface area contributed by atoms with Crippen molar-refractivity contribution in [2.75, 3.05) is 13.2 Å². The second-order valence-corrected chi connectivity index (χ2v) is 14.9. The SMILES string of the molecule is CCC(CC)(c1ccc(CC[C@@H](O)C(C)(C)C)c(C)c1)c1ccc(OCC2COC(C)(C)N2C(=O)OC(C)(C)C)c(C)c1. The van der Waals surface area contributed by atoms with Crippen LogP contribution in [0.1, 0.15) is 116 Å². The molecule has 1 aliphatic rings. The maximum atomic E-state index is 13.0.